The zero-order chi connectivity index (χ0) is 25.1. The van der Waals surface area contributed by atoms with Gasteiger partial charge < -0.3 is 0 Å². The van der Waals surface area contributed by atoms with Crippen LogP contribution in [0, 0.1) is 6.92 Å². The van der Waals surface area contributed by atoms with Crippen molar-refractivity contribution in [1.29, 1.82) is 0 Å². The van der Waals surface area contributed by atoms with Crippen molar-refractivity contribution in [3.8, 4) is 0 Å². The first-order valence-corrected chi connectivity index (χ1v) is 13.1. The third-order valence-corrected chi connectivity index (χ3v) is 7.50. The maximum atomic E-state index is 13.6. The molecule has 2 aliphatic rings. The fourth-order valence-electron chi connectivity index (χ4n) is 5.60. The number of aryl methyl sites for hydroxylation is 3. The highest BCUT2D eigenvalue weighted by molar-refractivity contribution is 5.99. The quantitative estimate of drug-likeness (QED) is 0.513. The number of nitrogens with one attached hydrogen (secondary N) is 1. The Bertz CT molecular complexity index is 1320. The largest absolute Gasteiger partial charge is 0.299 e. The fraction of sp³-hybridized carbons (Fsp3) is 0.448. The van der Waals surface area contributed by atoms with E-state index in [4.69, 9.17) is 0 Å². The van der Waals surface area contributed by atoms with Gasteiger partial charge in [-0.25, -0.2) is 4.98 Å². The van der Waals surface area contributed by atoms with Crippen LogP contribution in [0.3, 0.4) is 0 Å². The Morgan fingerprint density at radius 3 is 2.44 bits per heavy atom. The lowest BCUT2D eigenvalue weighted by molar-refractivity contribution is -0.135. The average Bonchev–Trinajstić information content (AvgIpc) is 2.87. The Morgan fingerprint density at radius 1 is 0.944 bits per heavy atom. The van der Waals surface area contributed by atoms with Gasteiger partial charge in [0.05, 0.1) is 10.9 Å². The molecule has 0 saturated carbocycles. The molecule has 36 heavy (non-hydrogen) atoms. The highest BCUT2D eigenvalue weighted by Crippen LogP contribution is 2.22. The topological polar surface area (TPSA) is 84.3 Å². The monoisotopic (exact) mass is 486 g/mol. The standard InChI is InChI=1S/C29H34N4O3/c1-20-30-24-10-6-9-23(27(24)29(36)33(20)25-15-16-26(34)31-28(25)35)8-5-7-21-11-13-22(14-12-21)19-32-17-3-2-4-18-32/h6,9-14,25H,2-5,7-8,15-19H2,1H3,(H,31,34,35). The van der Waals surface area contributed by atoms with Crippen LogP contribution in [0.15, 0.2) is 47.3 Å². The van der Waals surface area contributed by atoms with E-state index in [1.165, 1.54) is 48.0 Å². The van der Waals surface area contributed by atoms with Gasteiger partial charge in [-0.15, -0.1) is 0 Å². The van der Waals surface area contributed by atoms with E-state index in [2.05, 4.69) is 39.5 Å². The second-order valence-corrected chi connectivity index (χ2v) is 10.1. The van der Waals surface area contributed by atoms with E-state index < -0.39 is 11.9 Å². The van der Waals surface area contributed by atoms with Crippen molar-refractivity contribution < 1.29 is 9.59 Å². The number of imide groups is 1. The highest BCUT2D eigenvalue weighted by Gasteiger charge is 2.30. The number of aromatic nitrogens is 2. The zero-order valence-corrected chi connectivity index (χ0v) is 21.0. The van der Waals surface area contributed by atoms with Crippen LogP contribution in [-0.2, 0) is 29.0 Å². The molecule has 1 N–H and O–H groups in total. The molecule has 0 aliphatic carbocycles. The molecule has 2 fully saturated rings. The number of fused-ring (bicyclic) bond motifs is 1. The van der Waals surface area contributed by atoms with Gasteiger partial charge in [0.15, 0.2) is 0 Å². The molecule has 0 bridgehead atoms. The lowest BCUT2D eigenvalue weighted by atomic mass is 9.99. The van der Waals surface area contributed by atoms with Crippen LogP contribution in [0.2, 0.25) is 0 Å². The molecule has 188 valence electrons. The molecular formula is C29H34N4O3. The summed E-state index contributed by atoms with van der Waals surface area (Å²) in [5, 5.41) is 2.93. The summed E-state index contributed by atoms with van der Waals surface area (Å²) in [6.45, 7) is 5.17. The number of benzene rings is 2. The predicted molar refractivity (Wildman–Crippen MR) is 140 cm³/mol. The summed E-state index contributed by atoms with van der Waals surface area (Å²) >= 11 is 0. The number of hydrogen-bond acceptors (Lipinski definition) is 5. The molecule has 5 rings (SSSR count). The van der Waals surface area contributed by atoms with Crippen molar-refractivity contribution in [2.75, 3.05) is 13.1 Å². The molecule has 2 saturated heterocycles. The molecule has 7 heteroatoms. The molecule has 0 radical (unpaired) electrons. The summed E-state index contributed by atoms with van der Waals surface area (Å²) in [7, 11) is 0. The Labute approximate surface area is 211 Å². The number of piperidine rings is 2. The first-order chi connectivity index (χ1) is 17.5. The number of amides is 2. The SMILES string of the molecule is Cc1nc2cccc(CCCc3ccc(CN4CCCCC4)cc3)c2c(=O)n1C1CCC(=O)NC1=O. The van der Waals surface area contributed by atoms with Crippen LogP contribution in [0.5, 0.6) is 0 Å². The smallest absolute Gasteiger partial charge is 0.262 e. The minimum absolute atomic E-state index is 0.204. The number of hydrogen-bond donors (Lipinski definition) is 1. The Hall–Kier alpha value is -3.32. The van der Waals surface area contributed by atoms with Gasteiger partial charge in [-0.2, -0.15) is 0 Å². The molecule has 1 atom stereocenters. The lowest BCUT2D eigenvalue weighted by Crippen LogP contribution is -2.45. The van der Waals surface area contributed by atoms with E-state index in [-0.39, 0.29) is 17.9 Å². The van der Waals surface area contributed by atoms with E-state index >= 15 is 0 Å². The number of nitrogens with zero attached hydrogens (tertiary/aromatic N) is 3. The Balaban J connectivity index is 1.29. The summed E-state index contributed by atoms with van der Waals surface area (Å²) in [5.41, 5.74) is 4.07. The normalized spacial score (nSPS) is 19.0. The minimum atomic E-state index is -0.705. The maximum Gasteiger partial charge on any atom is 0.262 e. The summed E-state index contributed by atoms with van der Waals surface area (Å²) in [4.78, 5) is 44.8. The van der Waals surface area contributed by atoms with Crippen molar-refractivity contribution in [3.63, 3.8) is 0 Å². The first-order valence-electron chi connectivity index (χ1n) is 13.1. The van der Waals surface area contributed by atoms with Crippen LogP contribution in [-0.4, -0.2) is 39.4 Å². The number of carbonyl (C=O) groups is 2. The van der Waals surface area contributed by atoms with Gasteiger partial charge in [0.25, 0.3) is 5.56 Å². The second kappa shape index (κ2) is 10.7. The van der Waals surface area contributed by atoms with Crippen LogP contribution in [0.1, 0.15) is 67.1 Å². The molecule has 7 nitrogen and oxygen atoms in total. The highest BCUT2D eigenvalue weighted by atomic mass is 16.2. The van der Waals surface area contributed by atoms with Crippen LogP contribution in [0.25, 0.3) is 10.9 Å². The van der Waals surface area contributed by atoms with Gasteiger partial charge in [0.2, 0.25) is 11.8 Å². The van der Waals surface area contributed by atoms with Crippen molar-refractivity contribution in [2.24, 2.45) is 0 Å². The van der Waals surface area contributed by atoms with Crippen LogP contribution < -0.4 is 10.9 Å². The van der Waals surface area contributed by atoms with Gasteiger partial charge in [-0.1, -0.05) is 42.8 Å². The van der Waals surface area contributed by atoms with E-state index in [0.717, 1.165) is 31.4 Å². The molecule has 3 aromatic rings. The molecule has 2 aliphatic heterocycles. The average molecular weight is 487 g/mol. The third kappa shape index (κ3) is 5.26. The van der Waals surface area contributed by atoms with Crippen molar-refractivity contribution in [2.45, 2.75) is 70.9 Å². The number of likely N-dealkylation sites (tertiary alicyclic amines) is 1. The van der Waals surface area contributed by atoms with Gasteiger partial charge in [0, 0.05) is 13.0 Å². The lowest BCUT2D eigenvalue weighted by Gasteiger charge is -2.26. The minimum Gasteiger partial charge on any atom is -0.299 e. The molecule has 1 aromatic heterocycles. The number of carbonyl (C=O) groups excluding carboxylic acids is 2. The molecular weight excluding hydrogens is 452 g/mol. The maximum absolute atomic E-state index is 13.6. The molecule has 2 aromatic carbocycles. The van der Waals surface area contributed by atoms with Gasteiger partial charge >= 0.3 is 0 Å². The first kappa shape index (κ1) is 24.4. The molecule has 1 unspecified atom stereocenters. The summed E-state index contributed by atoms with van der Waals surface area (Å²) in [6.07, 6.45) is 7.10. The van der Waals surface area contributed by atoms with Crippen LogP contribution in [0.4, 0.5) is 0 Å². The predicted octanol–water partition coefficient (Wildman–Crippen LogP) is 3.84. The zero-order valence-electron chi connectivity index (χ0n) is 21.0. The van der Waals surface area contributed by atoms with Gasteiger partial charge in [-0.05, 0) is 81.3 Å². The summed E-state index contributed by atoms with van der Waals surface area (Å²) in [6, 6.07) is 14.0. The van der Waals surface area contributed by atoms with E-state index in [9.17, 15) is 14.4 Å². The van der Waals surface area contributed by atoms with Gasteiger partial charge in [0.1, 0.15) is 11.9 Å². The van der Waals surface area contributed by atoms with Crippen molar-refractivity contribution in [3.05, 3.63) is 75.3 Å². The second-order valence-electron chi connectivity index (χ2n) is 10.1. The third-order valence-electron chi connectivity index (χ3n) is 7.50. The fourth-order valence-corrected chi connectivity index (χ4v) is 5.60. The van der Waals surface area contributed by atoms with E-state index in [0.29, 0.717) is 23.1 Å². The molecule has 3 heterocycles. The van der Waals surface area contributed by atoms with Crippen molar-refractivity contribution >= 4 is 22.7 Å². The molecule has 0 spiro atoms. The van der Waals surface area contributed by atoms with Crippen LogP contribution >= 0.6 is 0 Å². The Kier molecular flexibility index (Phi) is 7.28. The van der Waals surface area contributed by atoms with E-state index in [1.54, 1.807) is 6.92 Å². The Morgan fingerprint density at radius 2 is 1.69 bits per heavy atom. The summed E-state index contributed by atoms with van der Waals surface area (Å²) in [5.74, 6) is -0.237. The number of rotatable bonds is 7. The van der Waals surface area contributed by atoms with E-state index in [1.807, 2.05) is 18.2 Å². The van der Waals surface area contributed by atoms with Gasteiger partial charge in [-0.3, -0.25) is 29.2 Å². The summed E-state index contributed by atoms with van der Waals surface area (Å²) < 4.78 is 1.47. The molecule has 2 amide bonds. The van der Waals surface area contributed by atoms with Crippen molar-refractivity contribution in [1.82, 2.24) is 19.8 Å².